The number of hydrogen-bond donors (Lipinski definition) is 1. The van der Waals surface area contributed by atoms with Crippen molar-refractivity contribution in [2.24, 2.45) is 0 Å². The first kappa shape index (κ1) is 17.7. The van der Waals surface area contributed by atoms with Gasteiger partial charge in [0.05, 0.1) is 36.1 Å². The highest BCUT2D eigenvalue weighted by molar-refractivity contribution is 6.29. The van der Waals surface area contributed by atoms with E-state index in [1.807, 2.05) is 0 Å². The molecule has 1 unspecified atom stereocenters. The monoisotopic (exact) mass is 390 g/mol. The van der Waals surface area contributed by atoms with Crippen molar-refractivity contribution >= 4 is 29.1 Å². The topological polar surface area (TPSA) is 102 Å². The molecule has 4 rings (SSSR count). The van der Waals surface area contributed by atoms with Crippen LogP contribution >= 0.6 is 11.6 Å². The van der Waals surface area contributed by atoms with Crippen LogP contribution in [0.2, 0.25) is 5.15 Å². The third kappa shape index (κ3) is 3.46. The van der Waals surface area contributed by atoms with Crippen molar-refractivity contribution in [2.45, 2.75) is 32.4 Å². The van der Waals surface area contributed by atoms with Crippen LogP contribution in [0, 0.1) is 6.92 Å². The molecule has 0 saturated carbocycles. The smallest absolute Gasteiger partial charge is 0.341 e. The zero-order valence-corrected chi connectivity index (χ0v) is 15.7. The Morgan fingerprint density at radius 3 is 3.07 bits per heavy atom. The Labute approximate surface area is 161 Å². The number of aryl methyl sites for hydroxylation is 1. The molecule has 0 spiro atoms. The number of aromatic nitrogens is 4. The van der Waals surface area contributed by atoms with Gasteiger partial charge in [0.15, 0.2) is 11.0 Å². The summed E-state index contributed by atoms with van der Waals surface area (Å²) in [5.74, 6) is 0.294. The van der Waals surface area contributed by atoms with Crippen LogP contribution in [0.25, 0.3) is 0 Å². The lowest BCUT2D eigenvalue weighted by molar-refractivity contribution is 0.0524. The highest BCUT2D eigenvalue weighted by atomic mass is 35.5. The van der Waals surface area contributed by atoms with E-state index in [9.17, 15) is 4.79 Å². The van der Waals surface area contributed by atoms with Crippen LogP contribution in [0.4, 0.5) is 11.5 Å². The van der Waals surface area contributed by atoms with Crippen molar-refractivity contribution in [2.75, 3.05) is 29.9 Å². The van der Waals surface area contributed by atoms with Gasteiger partial charge in [0.2, 0.25) is 0 Å². The molecule has 4 heterocycles. The van der Waals surface area contributed by atoms with Gasteiger partial charge in [-0.25, -0.2) is 9.78 Å². The molecule has 27 heavy (non-hydrogen) atoms. The van der Waals surface area contributed by atoms with Crippen molar-refractivity contribution in [3.05, 3.63) is 28.7 Å². The van der Waals surface area contributed by atoms with Crippen LogP contribution in [-0.2, 0) is 4.74 Å². The highest BCUT2D eigenvalue weighted by Crippen LogP contribution is 2.36. The van der Waals surface area contributed by atoms with Crippen LogP contribution in [0.5, 0.6) is 6.01 Å². The van der Waals surface area contributed by atoms with E-state index in [4.69, 9.17) is 21.1 Å². The Morgan fingerprint density at radius 1 is 1.44 bits per heavy atom. The molecule has 0 radical (unpaired) electrons. The second kappa shape index (κ2) is 7.15. The summed E-state index contributed by atoms with van der Waals surface area (Å²) >= 11 is 6.00. The van der Waals surface area contributed by atoms with Gasteiger partial charge < -0.3 is 19.7 Å². The minimum atomic E-state index is -0.430. The minimum Gasteiger partial charge on any atom is -0.462 e. The summed E-state index contributed by atoms with van der Waals surface area (Å²) in [7, 11) is 0. The number of carbonyl (C=O) groups excluding carboxylic acids is 1. The Kier molecular flexibility index (Phi) is 4.69. The first-order chi connectivity index (χ1) is 13.0. The van der Waals surface area contributed by atoms with Crippen LogP contribution < -0.4 is 15.0 Å². The van der Waals surface area contributed by atoms with Gasteiger partial charge in [0.1, 0.15) is 6.10 Å². The number of fused-ring (bicyclic) bond motifs is 3. The number of hydrogen-bond acceptors (Lipinski definition) is 9. The van der Waals surface area contributed by atoms with Gasteiger partial charge >= 0.3 is 12.0 Å². The molecule has 142 valence electrons. The lowest BCUT2D eigenvalue weighted by atomic mass is 10.1. The minimum absolute atomic E-state index is 0.0810. The van der Waals surface area contributed by atoms with Gasteiger partial charge in [-0.05, 0) is 13.8 Å². The third-order valence-electron chi connectivity index (χ3n) is 4.66. The molecule has 10 heteroatoms. The predicted octanol–water partition coefficient (Wildman–Crippen LogP) is 1.86. The van der Waals surface area contributed by atoms with E-state index in [0.717, 1.165) is 24.5 Å². The molecular formula is C17H19ClN6O3. The molecule has 2 aromatic rings. The second-order valence-electron chi connectivity index (χ2n) is 6.44. The van der Waals surface area contributed by atoms with E-state index in [1.165, 1.54) is 6.20 Å². The quantitative estimate of drug-likeness (QED) is 0.783. The normalized spacial score (nSPS) is 20.5. The number of anilines is 2. The molecule has 0 aromatic carbocycles. The van der Waals surface area contributed by atoms with Crippen molar-refractivity contribution in [1.82, 2.24) is 20.2 Å². The number of nitrogens with one attached hydrogen (secondary N) is 1. The summed E-state index contributed by atoms with van der Waals surface area (Å²) in [4.78, 5) is 22.6. The zero-order chi connectivity index (χ0) is 19.0. The number of nitrogens with zero attached hydrogens (tertiary/aromatic N) is 5. The SMILES string of the molecule is CCOC(=O)c1cnc(O[C@@H]2CC3CNc4nnc(Cl)cc4N3C2)nc1C. The van der Waals surface area contributed by atoms with Crippen LogP contribution in [-0.4, -0.2) is 58.0 Å². The third-order valence-corrected chi connectivity index (χ3v) is 4.84. The average molecular weight is 391 g/mol. The average Bonchev–Trinajstić information content (AvgIpc) is 3.05. The highest BCUT2D eigenvalue weighted by Gasteiger charge is 2.38. The molecule has 2 aliphatic heterocycles. The first-order valence-electron chi connectivity index (χ1n) is 8.76. The van der Waals surface area contributed by atoms with E-state index >= 15 is 0 Å². The zero-order valence-electron chi connectivity index (χ0n) is 15.0. The molecular weight excluding hydrogens is 372 g/mol. The summed E-state index contributed by atoms with van der Waals surface area (Å²) in [5.41, 5.74) is 1.80. The van der Waals surface area contributed by atoms with Gasteiger partial charge in [-0.1, -0.05) is 11.6 Å². The molecule has 1 saturated heterocycles. The van der Waals surface area contributed by atoms with Gasteiger partial charge in [-0.3, -0.25) is 0 Å². The Hall–Kier alpha value is -2.68. The maximum atomic E-state index is 11.9. The fourth-order valence-corrected chi connectivity index (χ4v) is 3.57. The summed E-state index contributed by atoms with van der Waals surface area (Å²) in [5, 5.41) is 11.6. The van der Waals surface area contributed by atoms with Gasteiger partial charge in [-0.2, -0.15) is 4.98 Å². The summed E-state index contributed by atoms with van der Waals surface area (Å²) in [6.45, 7) is 5.22. The number of ether oxygens (including phenoxy) is 2. The first-order valence-corrected chi connectivity index (χ1v) is 9.14. The lowest BCUT2D eigenvalue weighted by Gasteiger charge is -2.32. The lowest BCUT2D eigenvalue weighted by Crippen LogP contribution is -2.40. The van der Waals surface area contributed by atoms with Gasteiger partial charge in [-0.15, -0.1) is 10.2 Å². The van der Waals surface area contributed by atoms with E-state index in [1.54, 1.807) is 19.9 Å². The molecule has 2 atom stereocenters. The van der Waals surface area contributed by atoms with E-state index < -0.39 is 5.97 Å². The molecule has 9 nitrogen and oxygen atoms in total. The molecule has 2 aromatic heterocycles. The fourth-order valence-electron chi connectivity index (χ4n) is 3.43. The molecule has 0 aliphatic carbocycles. The van der Waals surface area contributed by atoms with E-state index in [0.29, 0.717) is 29.6 Å². The maximum Gasteiger partial charge on any atom is 0.341 e. The molecule has 0 bridgehead atoms. The Balaban J connectivity index is 1.47. The van der Waals surface area contributed by atoms with Crippen molar-refractivity contribution in [3.63, 3.8) is 0 Å². The van der Waals surface area contributed by atoms with Gasteiger partial charge in [0, 0.05) is 25.2 Å². The van der Waals surface area contributed by atoms with Crippen LogP contribution in [0.3, 0.4) is 0 Å². The Morgan fingerprint density at radius 2 is 2.30 bits per heavy atom. The van der Waals surface area contributed by atoms with E-state index in [2.05, 4.69) is 30.4 Å². The Bertz CT molecular complexity index is 880. The molecule has 0 amide bonds. The fraction of sp³-hybridized carbons (Fsp3) is 0.471. The predicted molar refractivity (Wildman–Crippen MR) is 98.4 cm³/mol. The largest absolute Gasteiger partial charge is 0.462 e. The number of halogens is 1. The number of esters is 1. The number of carbonyl (C=O) groups is 1. The summed E-state index contributed by atoms with van der Waals surface area (Å²) in [6.07, 6.45) is 2.18. The summed E-state index contributed by atoms with van der Waals surface area (Å²) < 4.78 is 11.0. The van der Waals surface area contributed by atoms with Crippen molar-refractivity contribution in [1.29, 1.82) is 0 Å². The number of rotatable bonds is 4. The molecule has 1 fully saturated rings. The molecule has 2 aliphatic rings. The molecule has 1 N–H and O–H groups in total. The standard InChI is InChI=1S/C17H19ClN6O3/c1-3-26-16(25)12-7-20-17(21-9(12)2)27-11-4-10-6-19-15-13(24(10)8-11)5-14(18)22-23-15/h5,7,10-11H,3-4,6,8H2,1-2H3,(H,19,23)/t10?,11-/m1/s1. The van der Waals surface area contributed by atoms with Crippen LogP contribution in [0.15, 0.2) is 12.3 Å². The van der Waals surface area contributed by atoms with Gasteiger partial charge in [0.25, 0.3) is 0 Å². The van der Waals surface area contributed by atoms with Crippen molar-refractivity contribution < 1.29 is 14.3 Å². The van der Waals surface area contributed by atoms with Crippen molar-refractivity contribution in [3.8, 4) is 6.01 Å². The van der Waals surface area contributed by atoms with E-state index in [-0.39, 0.29) is 18.2 Å². The summed E-state index contributed by atoms with van der Waals surface area (Å²) in [6, 6.07) is 2.33. The second-order valence-corrected chi connectivity index (χ2v) is 6.82. The van der Waals surface area contributed by atoms with Crippen LogP contribution in [0.1, 0.15) is 29.4 Å². The maximum absolute atomic E-state index is 11.9.